The lowest BCUT2D eigenvalue weighted by Gasteiger charge is -2.00. The minimum atomic E-state index is -1.26. The number of carboxylic acids is 1. The van der Waals surface area contributed by atoms with Crippen LogP contribution >= 0.6 is 38.5 Å². The van der Waals surface area contributed by atoms with E-state index in [1.54, 1.807) is 22.6 Å². The maximum absolute atomic E-state index is 13.0. The van der Waals surface area contributed by atoms with Crippen molar-refractivity contribution in [3.8, 4) is 0 Å². The van der Waals surface area contributed by atoms with Crippen LogP contribution in [0.25, 0.3) is 0 Å². The zero-order chi connectivity index (χ0) is 9.30. The molecule has 5 heteroatoms. The summed E-state index contributed by atoms with van der Waals surface area (Å²) >= 11 is 4.82. The zero-order valence-corrected chi connectivity index (χ0v) is 9.39. The van der Waals surface area contributed by atoms with Gasteiger partial charge in [0.25, 0.3) is 0 Å². The number of rotatable bonds is 1. The Morgan fingerprint density at radius 3 is 2.67 bits per heavy atom. The Labute approximate surface area is 90.0 Å². The predicted molar refractivity (Wildman–Crippen MR) is 53.8 cm³/mol. The number of aromatic carboxylic acids is 1. The van der Waals surface area contributed by atoms with Crippen molar-refractivity contribution >= 4 is 44.5 Å². The number of hydrogen-bond acceptors (Lipinski definition) is 1. The maximum Gasteiger partial charge on any atom is 0.338 e. The summed E-state index contributed by atoms with van der Waals surface area (Å²) in [5, 5.41) is 8.55. The van der Waals surface area contributed by atoms with Crippen LogP contribution < -0.4 is 0 Å². The molecule has 1 aromatic rings. The summed E-state index contributed by atoms with van der Waals surface area (Å²) in [4.78, 5) is 10.5. The molecule has 2 nitrogen and oxygen atoms in total. The van der Waals surface area contributed by atoms with Crippen molar-refractivity contribution in [3.63, 3.8) is 0 Å². The van der Waals surface area contributed by atoms with E-state index >= 15 is 0 Å². The highest BCUT2D eigenvalue weighted by Gasteiger charge is 2.13. The first-order valence-corrected chi connectivity index (χ1v) is 4.77. The van der Waals surface area contributed by atoms with Gasteiger partial charge in [-0.15, -0.1) is 0 Å². The van der Waals surface area contributed by atoms with E-state index < -0.39 is 11.8 Å². The molecule has 1 rings (SSSR count). The van der Waals surface area contributed by atoms with Crippen LogP contribution in [0.1, 0.15) is 10.4 Å². The third-order valence-electron chi connectivity index (χ3n) is 1.22. The minimum absolute atomic E-state index is 0.291. The summed E-state index contributed by atoms with van der Waals surface area (Å²) in [6.45, 7) is 0. The van der Waals surface area contributed by atoms with Crippen LogP contribution in [0.3, 0.4) is 0 Å². The van der Waals surface area contributed by atoms with E-state index in [9.17, 15) is 9.18 Å². The summed E-state index contributed by atoms with van der Waals surface area (Å²) < 4.78 is 13.9. The molecule has 1 aromatic carbocycles. The van der Waals surface area contributed by atoms with Gasteiger partial charge in [0.1, 0.15) is 0 Å². The van der Waals surface area contributed by atoms with Gasteiger partial charge < -0.3 is 5.11 Å². The first-order chi connectivity index (χ1) is 5.52. The standard InChI is InChI=1S/C7H3BrFIO2/c8-3-1-4(7(11)12)6(9)5(10)2-3/h1-2H,(H,11,12). The molecule has 0 unspecified atom stereocenters. The van der Waals surface area contributed by atoms with Gasteiger partial charge in [-0.25, -0.2) is 9.18 Å². The van der Waals surface area contributed by atoms with E-state index in [0.29, 0.717) is 8.04 Å². The molecular weight excluding hydrogens is 342 g/mol. The van der Waals surface area contributed by atoms with Gasteiger partial charge >= 0.3 is 5.97 Å². The van der Waals surface area contributed by atoms with E-state index in [-0.39, 0.29) is 5.56 Å². The van der Waals surface area contributed by atoms with Crippen molar-refractivity contribution in [1.82, 2.24) is 0 Å². The second-order valence-corrected chi connectivity index (χ2v) is 4.13. The van der Waals surface area contributed by atoms with Gasteiger partial charge in [-0.1, -0.05) is 15.9 Å². The Hall–Kier alpha value is -0.170. The lowest BCUT2D eigenvalue weighted by molar-refractivity contribution is 0.0691. The molecule has 0 atom stereocenters. The SMILES string of the molecule is O=C(O)c1cc(Br)cc(I)c1F. The highest BCUT2D eigenvalue weighted by molar-refractivity contribution is 14.1. The summed E-state index contributed by atoms with van der Waals surface area (Å²) in [7, 11) is 0. The van der Waals surface area contributed by atoms with Crippen LogP contribution in [0.2, 0.25) is 0 Å². The lowest BCUT2D eigenvalue weighted by Crippen LogP contribution is -2.02. The summed E-state index contributed by atoms with van der Waals surface area (Å²) in [5.41, 5.74) is -0.311. The Morgan fingerprint density at radius 2 is 2.17 bits per heavy atom. The molecule has 64 valence electrons. The Morgan fingerprint density at radius 1 is 1.58 bits per heavy atom. The molecule has 0 aliphatic rings. The fraction of sp³-hybridized carbons (Fsp3) is 0. The monoisotopic (exact) mass is 344 g/mol. The van der Waals surface area contributed by atoms with Crippen molar-refractivity contribution in [2.24, 2.45) is 0 Å². The van der Waals surface area contributed by atoms with Crippen LogP contribution in [0.5, 0.6) is 0 Å². The van der Waals surface area contributed by atoms with Crippen LogP contribution in [0.4, 0.5) is 4.39 Å². The molecule has 0 saturated carbocycles. The van der Waals surface area contributed by atoms with Gasteiger partial charge in [0.15, 0.2) is 5.82 Å². The second-order valence-electron chi connectivity index (χ2n) is 2.05. The highest BCUT2D eigenvalue weighted by Crippen LogP contribution is 2.21. The number of hydrogen-bond donors (Lipinski definition) is 1. The molecule has 0 aliphatic heterocycles. The molecule has 0 aliphatic carbocycles. The third-order valence-corrected chi connectivity index (χ3v) is 2.47. The van der Waals surface area contributed by atoms with E-state index in [1.807, 2.05) is 0 Å². The molecule has 0 heterocycles. The molecule has 0 fully saturated rings. The average molecular weight is 345 g/mol. The molecule has 0 saturated heterocycles. The molecule has 0 aromatic heterocycles. The summed E-state index contributed by atoms with van der Waals surface area (Å²) in [6.07, 6.45) is 0. The van der Waals surface area contributed by atoms with Crippen LogP contribution in [-0.2, 0) is 0 Å². The van der Waals surface area contributed by atoms with Crippen LogP contribution in [0.15, 0.2) is 16.6 Å². The fourth-order valence-electron chi connectivity index (χ4n) is 0.712. The topological polar surface area (TPSA) is 37.3 Å². The van der Waals surface area contributed by atoms with E-state index in [4.69, 9.17) is 5.11 Å². The van der Waals surface area contributed by atoms with E-state index in [1.165, 1.54) is 12.1 Å². The van der Waals surface area contributed by atoms with Gasteiger partial charge in [-0.05, 0) is 34.7 Å². The molecule has 12 heavy (non-hydrogen) atoms. The number of carbonyl (C=O) groups is 1. The molecule has 0 radical (unpaired) electrons. The van der Waals surface area contributed by atoms with Crippen molar-refractivity contribution in [2.75, 3.05) is 0 Å². The first kappa shape index (κ1) is 9.91. The quantitative estimate of drug-likeness (QED) is 0.628. The van der Waals surface area contributed by atoms with Crippen molar-refractivity contribution < 1.29 is 14.3 Å². The van der Waals surface area contributed by atoms with Crippen molar-refractivity contribution in [1.29, 1.82) is 0 Å². The second kappa shape index (κ2) is 3.69. The third kappa shape index (κ3) is 1.95. The summed E-state index contributed by atoms with van der Waals surface area (Å²) in [5.74, 6) is -1.95. The summed E-state index contributed by atoms with van der Waals surface area (Å²) in [6, 6.07) is 2.75. The highest BCUT2D eigenvalue weighted by atomic mass is 127. The van der Waals surface area contributed by atoms with E-state index in [0.717, 1.165) is 0 Å². The van der Waals surface area contributed by atoms with Gasteiger partial charge in [-0.2, -0.15) is 0 Å². The lowest BCUT2D eigenvalue weighted by atomic mass is 10.2. The number of benzene rings is 1. The Bertz CT molecular complexity index is 340. The van der Waals surface area contributed by atoms with Gasteiger partial charge in [-0.3, -0.25) is 0 Å². The van der Waals surface area contributed by atoms with Crippen molar-refractivity contribution in [2.45, 2.75) is 0 Å². The predicted octanol–water partition coefficient (Wildman–Crippen LogP) is 2.89. The molecule has 0 spiro atoms. The van der Waals surface area contributed by atoms with Gasteiger partial charge in [0.2, 0.25) is 0 Å². The van der Waals surface area contributed by atoms with E-state index in [2.05, 4.69) is 15.9 Å². The molecule has 0 amide bonds. The average Bonchev–Trinajstić information content (AvgIpc) is 1.96. The van der Waals surface area contributed by atoms with Crippen LogP contribution in [0, 0.1) is 9.39 Å². The molecule has 1 N–H and O–H groups in total. The molecule has 0 bridgehead atoms. The number of carboxylic acid groups (broad SMARTS) is 1. The van der Waals surface area contributed by atoms with Gasteiger partial charge in [0.05, 0.1) is 9.13 Å². The van der Waals surface area contributed by atoms with Crippen LogP contribution in [-0.4, -0.2) is 11.1 Å². The van der Waals surface area contributed by atoms with Gasteiger partial charge in [0, 0.05) is 4.47 Å². The normalized spacial score (nSPS) is 9.92. The first-order valence-electron chi connectivity index (χ1n) is 2.90. The Kier molecular flexibility index (Phi) is 3.05. The Balaban J connectivity index is 3.37. The minimum Gasteiger partial charge on any atom is -0.478 e. The molecular formula is C7H3BrFIO2. The van der Waals surface area contributed by atoms with Crippen molar-refractivity contribution in [3.05, 3.63) is 31.6 Å². The smallest absolute Gasteiger partial charge is 0.338 e. The maximum atomic E-state index is 13.0. The fourth-order valence-corrected chi connectivity index (χ4v) is 2.22. The zero-order valence-electron chi connectivity index (χ0n) is 5.64. The largest absolute Gasteiger partial charge is 0.478 e. The number of halogens is 3.